The number of nitrogens with one attached hydrogen (secondary N) is 1. The summed E-state index contributed by atoms with van der Waals surface area (Å²) < 4.78 is 5.36. The van der Waals surface area contributed by atoms with Crippen LogP contribution in [0.5, 0.6) is 5.75 Å². The number of aromatic nitrogens is 2. The van der Waals surface area contributed by atoms with Crippen molar-refractivity contribution in [2.45, 2.75) is 20.4 Å². The molecule has 26 heavy (non-hydrogen) atoms. The molecular weight excluding hydrogens is 330 g/mol. The molecule has 2 aromatic heterocycles. The Morgan fingerprint density at radius 3 is 2.73 bits per heavy atom. The minimum atomic E-state index is -0.361. The minimum Gasteiger partial charge on any atom is -0.494 e. The van der Waals surface area contributed by atoms with Gasteiger partial charge in [0.1, 0.15) is 16.8 Å². The lowest BCUT2D eigenvalue weighted by molar-refractivity contribution is 0.0783. The van der Waals surface area contributed by atoms with Gasteiger partial charge in [0.25, 0.3) is 11.5 Å². The van der Waals surface area contributed by atoms with Crippen LogP contribution in [0.25, 0.3) is 10.9 Å². The van der Waals surface area contributed by atoms with Crippen LogP contribution in [0, 0.1) is 13.8 Å². The van der Waals surface area contributed by atoms with Crippen LogP contribution in [-0.2, 0) is 6.54 Å². The molecule has 0 fully saturated rings. The Balaban J connectivity index is 1.96. The van der Waals surface area contributed by atoms with Gasteiger partial charge < -0.3 is 14.6 Å². The summed E-state index contributed by atoms with van der Waals surface area (Å²) in [6, 6.07) is 9.35. The first-order valence-electron chi connectivity index (χ1n) is 8.29. The zero-order chi connectivity index (χ0) is 18.8. The van der Waals surface area contributed by atoms with Gasteiger partial charge in [-0.25, -0.2) is 0 Å². The fourth-order valence-electron chi connectivity index (χ4n) is 3.15. The smallest absolute Gasteiger partial charge is 0.261 e. The number of carbonyl (C=O) groups excluding carboxylic acids is 1. The van der Waals surface area contributed by atoms with Gasteiger partial charge in [0, 0.05) is 30.9 Å². The number of aryl methyl sites for hydroxylation is 2. The quantitative estimate of drug-likeness (QED) is 0.784. The van der Waals surface area contributed by atoms with Gasteiger partial charge >= 0.3 is 0 Å². The molecule has 134 valence electrons. The number of hydrogen-bond donors (Lipinski definition) is 1. The van der Waals surface area contributed by atoms with E-state index < -0.39 is 0 Å². The van der Waals surface area contributed by atoms with Crippen LogP contribution < -0.4 is 10.3 Å². The van der Waals surface area contributed by atoms with Gasteiger partial charge in [0.2, 0.25) is 0 Å². The number of carbonyl (C=O) groups is 1. The molecule has 0 bridgehead atoms. The van der Waals surface area contributed by atoms with Gasteiger partial charge in [-0.2, -0.15) is 0 Å². The van der Waals surface area contributed by atoms with E-state index in [0.717, 1.165) is 22.2 Å². The Hall–Kier alpha value is -3.15. The molecule has 1 N–H and O–H groups in total. The zero-order valence-electron chi connectivity index (χ0n) is 15.3. The number of nitrogens with zero attached hydrogens (tertiary/aromatic N) is 2. The number of H-pyrrole nitrogens is 1. The van der Waals surface area contributed by atoms with E-state index >= 15 is 0 Å². The van der Waals surface area contributed by atoms with Gasteiger partial charge in [-0.05, 0) is 43.2 Å². The van der Waals surface area contributed by atoms with E-state index in [0.29, 0.717) is 17.9 Å². The first-order chi connectivity index (χ1) is 12.4. The normalized spacial score (nSPS) is 10.8. The molecule has 3 rings (SSSR count). The number of rotatable bonds is 4. The Morgan fingerprint density at radius 2 is 2.04 bits per heavy atom. The van der Waals surface area contributed by atoms with Crippen molar-refractivity contribution in [2.24, 2.45) is 0 Å². The summed E-state index contributed by atoms with van der Waals surface area (Å²) in [5.74, 6) is 0.376. The largest absolute Gasteiger partial charge is 0.494 e. The zero-order valence-corrected chi connectivity index (χ0v) is 15.3. The van der Waals surface area contributed by atoms with E-state index in [4.69, 9.17) is 4.74 Å². The lowest BCUT2D eigenvalue weighted by Crippen LogP contribution is -2.32. The Labute approximate surface area is 151 Å². The van der Waals surface area contributed by atoms with Crippen molar-refractivity contribution in [3.05, 3.63) is 69.3 Å². The van der Waals surface area contributed by atoms with Crippen LogP contribution >= 0.6 is 0 Å². The van der Waals surface area contributed by atoms with E-state index in [-0.39, 0.29) is 17.0 Å². The summed E-state index contributed by atoms with van der Waals surface area (Å²) in [6.07, 6.45) is 1.71. The number of benzene rings is 1. The fraction of sp³-hybridized carbons (Fsp3) is 0.250. The van der Waals surface area contributed by atoms with Crippen molar-refractivity contribution >= 4 is 16.8 Å². The van der Waals surface area contributed by atoms with Crippen LogP contribution in [0.1, 0.15) is 27.2 Å². The highest BCUT2D eigenvalue weighted by Crippen LogP contribution is 2.27. The number of aromatic amines is 1. The molecule has 0 aliphatic rings. The van der Waals surface area contributed by atoms with Gasteiger partial charge in [-0.1, -0.05) is 12.1 Å². The van der Waals surface area contributed by atoms with E-state index in [1.165, 1.54) is 0 Å². The van der Waals surface area contributed by atoms with Crippen LogP contribution in [0.15, 0.2) is 41.3 Å². The summed E-state index contributed by atoms with van der Waals surface area (Å²) in [7, 11) is 3.29. The summed E-state index contributed by atoms with van der Waals surface area (Å²) in [4.78, 5) is 33.7. The van der Waals surface area contributed by atoms with Crippen molar-refractivity contribution in [1.29, 1.82) is 0 Å². The highest BCUT2D eigenvalue weighted by atomic mass is 16.5. The van der Waals surface area contributed by atoms with Gasteiger partial charge in [0.05, 0.1) is 7.11 Å². The van der Waals surface area contributed by atoms with Crippen molar-refractivity contribution in [3.8, 4) is 5.75 Å². The third-order valence-corrected chi connectivity index (χ3v) is 4.38. The molecule has 2 heterocycles. The molecule has 0 unspecified atom stereocenters. The third kappa shape index (κ3) is 3.18. The maximum Gasteiger partial charge on any atom is 0.261 e. The number of hydrogen-bond acceptors (Lipinski definition) is 4. The average Bonchev–Trinajstić information content (AvgIpc) is 2.61. The number of pyridine rings is 2. The van der Waals surface area contributed by atoms with E-state index in [1.54, 1.807) is 45.2 Å². The summed E-state index contributed by atoms with van der Waals surface area (Å²) in [5.41, 5.74) is 2.90. The van der Waals surface area contributed by atoms with Crippen molar-refractivity contribution in [2.75, 3.05) is 14.2 Å². The molecule has 6 nitrogen and oxygen atoms in total. The van der Waals surface area contributed by atoms with Crippen molar-refractivity contribution in [1.82, 2.24) is 14.9 Å². The summed E-state index contributed by atoms with van der Waals surface area (Å²) in [6.45, 7) is 3.93. The summed E-state index contributed by atoms with van der Waals surface area (Å²) >= 11 is 0. The van der Waals surface area contributed by atoms with Crippen LogP contribution in [-0.4, -0.2) is 34.9 Å². The second-order valence-corrected chi connectivity index (χ2v) is 6.33. The summed E-state index contributed by atoms with van der Waals surface area (Å²) in [5, 5.41) is 0.918. The van der Waals surface area contributed by atoms with E-state index in [2.05, 4.69) is 9.97 Å². The molecule has 6 heteroatoms. The van der Waals surface area contributed by atoms with Crippen LogP contribution in [0.3, 0.4) is 0 Å². The molecule has 1 aromatic carbocycles. The number of ether oxygens (including phenoxy) is 1. The minimum absolute atomic E-state index is 0.175. The monoisotopic (exact) mass is 351 g/mol. The van der Waals surface area contributed by atoms with Crippen LogP contribution in [0.4, 0.5) is 0 Å². The molecule has 1 amide bonds. The molecule has 0 saturated heterocycles. The fourth-order valence-corrected chi connectivity index (χ4v) is 3.15. The van der Waals surface area contributed by atoms with Crippen molar-refractivity contribution in [3.63, 3.8) is 0 Å². The predicted octanol–water partition coefficient (Wildman–Crippen LogP) is 2.82. The maximum atomic E-state index is 12.8. The lowest BCUT2D eigenvalue weighted by atomic mass is 10.1. The predicted molar refractivity (Wildman–Crippen MR) is 101 cm³/mol. The van der Waals surface area contributed by atoms with E-state index in [1.807, 2.05) is 24.3 Å². The Morgan fingerprint density at radius 1 is 1.27 bits per heavy atom. The Kier molecular flexibility index (Phi) is 4.75. The number of amides is 1. The molecule has 0 aliphatic carbocycles. The average molecular weight is 351 g/mol. The molecule has 0 saturated carbocycles. The molecular formula is C20H21N3O3. The second-order valence-electron chi connectivity index (χ2n) is 6.33. The molecule has 0 aliphatic heterocycles. The molecule has 3 aromatic rings. The first-order valence-corrected chi connectivity index (χ1v) is 8.29. The topological polar surface area (TPSA) is 75.3 Å². The van der Waals surface area contributed by atoms with Gasteiger partial charge in [-0.15, -0.1) is 0 Å². The van der Waals surface area contributed by atoms with Gasteiger partial charge in [0.15, 0.2) is 0 Å². The SMILES string of the molecule is COc1ccc(CN(C)C(=O)c2c(C)cc(C)[nH]c2=O)c2cccnc12. The number of fused-ring (bicyclic) bond motifs is 1. The Bertz CT molecular complexity index is 1040. The maximum absolute atomic E-state index is 12.8. The second kappa shape index (κ2) is 7.00. The lowest BCUT2D eigenvalue weighted by Gasteiger charge is -2.19. The molecule has 0 spiro atoms. The van der Waals surface area contributed by atoms with Crippen LogP contribution in [0.2, 0.25) is 0 Å². The molecule has 0 radical (unpaired) electrons. The molecule has 0 atom stereocenters. The van der Waals surface area contributed by atoms with Gasteiger partial charge in [-0.3, -0.25) is 14.6 Å². The van der Waals surface area contributed by atoms with Crippen molar-refractivity contribution < 1.29 is 9.53 Å². The number of methoxy groups -OCH3 is 1. The van der Waals surface area contributed by atoms with E-state index in [9.17, 15) is 9.59 Å². The highest BCUT2D eigenvalue weighted by molar-refractivity contribution is 5.95. The first kappa shape index (κ1) is 17.7. The third-order valence-electron chi connectivity index (χ3n) is 4.38. The highest BCUT2D eigenvalue weighted by Gasteiger charge is 2.19. The standard InChI is InChI=1S/C20H21N3O3/c1-12-10-13(2)22-19(24)17(12)20(25)23(3)11-14-7-8-16(26-4)18-15(14)6-5-9-21-18/h5-10H,11H2,1-4H3,(H,22,24).